The molecule has 24 heavy (non-hydrogen) atoms. The van der Waals surface area contributed by atoms with Crippen LogP contribution in [0.1, 0.15) is 18.9 Å². The van der Waals surface area contributed by atoms with Gasteiger partial charge in [-0.3, -0.25) is 0 Å². The van der Waals surface area contributed by atoms with Crippen molar-refractivity contribution in [3.05, 3.63) is 23.8 Å². The lowest BCUT2D eigenvalue weighted by Crippen LogP contribution is -2.32. The molecule has 0 aliphatic heterocycles. The number of aliphatic imine (C=N–C) groups is 1. The molecule has 6 nitrogen and oxygen atoms in total. The van der Waals surface area contributed by atoms with Gasteiger partial charge in [0.2, 0.25) is 0 Å². The predicted octanol–water partition coefficient (Wildman–Crippen LogP) is 2.16. The third kappa shape index (κ3) is 8.84. The Hall–Kier alpha value is -1.66. The largest absolute Gasteiger partial charge is 0.493 e. The first-order chi connectivity index (χ1) is 11.2. The Morgan fingerprint density at radius 1 is 1.38 bits per heavy atom. The number of guanidine groups is 1. The summed E-state index contributed by atoms with van der Waals surface area (Å²) in [6.45, 7) is 4.78. The summed E-state index contributed by atoms with van der Waals surface area (Å²) >= 11 is 0. The fourth-order valence-electron chi connectivity index (χ4n) is 1.82. The highest BCUT2D eigenvalue weighted by molar-refractivity contribution is 14.0. The van der Waals surface area contributed by atoms with Gasteiger partial charge in [-0.15, -0.1) is 30.4 Å². The van der Waals surface area contributed by atoms with Crippen molar-refractivity contribution >= 4 is 29.9 Å². The maximum atomic E-state index is 5.83. The molecule has 0 aromatic heterocycles. The third-order valence-corrected chi connectivity index (χ3v) is 2.95. The number of nitrogens with zero attached hydrogens (tertiary/aromatic N) is 1. The highest BCUT2D eigenvalue weighted by Gasteiger charge is 2.05. The van der Waals surface area contributed by atoms with E-state index in [0.29, 0.717) is 30.6 Å². The molecular weight excluding hydrogens is 421 g/mol. The van der Waals surface area contributed by atoms with Crippen LogP contribution in [0.3, 0.4) is 0 Å². The van der Waals surface area contributed by atoms with E-state index in [1.807, 2.05) is 25.1 Å². The van der Waals surface area contributed by atoms with Crippen LogP contribution in [-0.2, 0) is 11.3 Å². The smallest absolute Gasteiger partial charge is 0.188 e. The van der Waals surface area contributed by atoms with E-state index in [4.69, 9.17) is 26.4 Å². The maximum Gasteiger partial charge on any atom is 0.188 e. The molecule has 1 aromatic rings. The SMILES string of the molecule is C#CCOc1cc(CN=C(N)NCCCOCC)ccc1OC.I. The molecule has 0 heterocycles. The second-order valence-electron chi connectivity index (χ2n) is 4.66. The molecule has 134 valence electrons. The standard InChI is InChI=1S/C17H25N3O3.HI/c1-4-10-23-16-12-14(7-8-15(16)21-3)13-20-17(18)19-9-6-11-22-5-2;/h1,7-8,12H,5-6,9-11,13H2,2-3H3,(H3,18,19,20);1H. The van der Waals surface area contributed by atoms with Gasteiger partial charge in [0.1, 0.15) is 6.61 Å². The van der Waals surface area contributed by atoms with E-state index < -0.39 is 0 Å². The van der Waals surface area contributed by atoms with Crippen molar-refractivity contribution in [2.75, 3.05) is 33.5 Å². The molecule has 0 aliphatic carbocycles. The van der Waals surface area contributed by atoms with Crippen LogP contribution in [0, 0.1) is 12.3 Å². The topological polar surface area (TPSA) is 78.1 Å². The second kappa shape index (κ2) is 13.7. The number of ether oxygens (including phenoxy) is 3. The first kappa shape index (κ1) is 22.3. The van der Waals surface area contributed by atoms with Gasteiger partial charge < -0.3 is 25.3 Å². The molecular formula is C17H26IN3O3. The number of rotatable bonds is 10. The van der Waals surface area contributed by atoms with E-state index in [-0.39, 0.29) is 30.6 Å². The lowest BCUT2D eigenvalue weighted by Gasteiger charge is -2.10. The van der Waals surface area contributed by atoms with Crippen molar-refractivity contribution < 1.29 is 14.2 Å². The number of hydrogen-bond donors (Lipinski definition) is 2. The quantitative estimate of drug-likeness (QED) is 0.189. The molecule has 0 spiro atoms. The molecule has 0 amide bonds. The average molecular weight is 447 g/mol. The van der Waals surface area contributed by atoms with Gasteiger partial charge in [-0.25, -0.2) is 4.99 Å². The van der Waals surface area contributed by atoms with E-state index in [0.717, 1.165) is 25.1 Å². The molecule has 0 unspecified atom stereocenters. The van der Waals surface area contributed by atoms with Gasteiger partial charge >= 0.3 is 0 Å². The Morgan fingerprint density at radius 3 is 2.83 bits per heavy atom. The van der Waals surface area contributed by atoms with E-state index in [9.17, 15) is 0 Å². The van der Waals surface area contributed by atoms with Crippen molar-refractivity contribution in [2.45, 2.75) is 19.9 Å². The monoisotopic (exact) mass is 447 g/mol. The summed E-state index contributed by atoms with van der Waals surface area (Å²) < 4.78 is 15.9. The average Bonchev–Trinajstić information content (AvgIpc) is 2.58. The Morgan fingerprint density at radius 2 is 2.17 bits per heavy atom. The van der Waals surface area contributed by atoms with Crippen molar-refractivity contribution in [1.82, 2.24) is 5.32 Å². The zero-order valence-corrected chi connectivity index (χ0v) is 16.5. The summed E-state index contributed by atoms with van der Waals surface area (Å²) in [7, 11) is 1.58. The van der Waals surface area contributed by atoms with E-state index in [1.54, 1.807) is 7.11 Å². The van der Waals surface area contributed by atoms with Gasteiger partial charge in [0.25, 0.3) is 0 Å². The van der Waals surface area contributed by atoms with Crippen molar-refractivity contribution in [3.8, 4) is 23.8 Å². The summed E-state index contributed by atoms with van der Waals surface area (Å²) in [6.07, 6.45) is 6.10. The normalized spacial score (nSPS) is 10.5. The van der Waals surface area contributed by atoms with Crippen LogP contribution < -0.4 is 20.5 Å². The molecule has 1 rings (SSSR count). The summed E-state index contributed by atoms with van der Waals surface area (Å²) in [6, 6.07) is 5.58. The minimum absolute atomic E-state index is 0. The van der Waals surface area contributed by atoms with E-state index in [1.165, 1.54) is 0 Å². The highest BCUT2D eigenvalue weighted by atomic mass is 127. The van der Waals surface area contributed by atoms with Gasteiger partial charge in [0.15, 0.2) is 17.5 Å². The minimum atomic E-state index is 0. The van der Waals surface area contributed by atoms with Gasteiger partial charge in [-0.2, -0.15) is 0 Å². The molecule has 0 saturated carbocycles. The highest BCUT2D eigenvalue weighted by Crippen LogP contribution is 2.28. The van der Waals surface area contributed by atoms with Crippen molar-refractivity contribution in [3.63, 3.8) is 0 Å². The number of nitrogens with two attached hydrogens (primary N) is 1. The fourth-order valence-corrected chi connectivity index (χ4v) is 1.82. The summed E-state index contributed by atoms with van der Waals surface area (Å²) in [5, 5.41) is 3.05. The molecule has 0 bridgehead atoms. The zero-order chi connectivity index (χ0) is 16.9. The van der Waals surface area contributed by atoms with E-state index >= 15 is 0 Å². The van der Waals surface area contributed by atoms with Crippen LogP contribution in [0.5, 0.6) is 11.5 Å². The molecule has 3 N–H and O–H groups in total. The van der Waals surface area contributed by atoms with Crippen LogP contribution in [-0.4, -0.2) is 39.4 Å². The summed E-state index contributed by atoms with van der Waals surface area (Å²) in [4.78, 5) is 4.29. The van der Waals surface area contributed by atoms with Crippen LogP contribution >= 0.6 is 24.0 Å². The summed E-state index contributed by atoms with van der Waals surface area (Å²) in [5.74, 6) is 4.07. The van der Waals surface area contributed by atoms with Gasteiger partial charge in [-0.1, -0.05) is 12.0 Å². The molecule has 0 fully saturated rings. The lowest BCUT2D eigenvalue weighted by molar-refractivity contribution is 0.145. The third-order valence-electron chi connectivity index (χ3n) is 2.95. The first-order valence-corrected chi connectivity index (χ1v) is 7.56. The zero-order valence-electron chi connectivity index (χ0n) is 14.2. The van der Waals surface area contributed by atoms with E-state index in [2.05, 4.69) is 16.2 Å². The number of hydrogen-bond acceptors (Lipinski definition) is 4. The Bertz CT molecular complexity index is 544. The van der Waals surface area contributed by atoms with Crippen molar-refractivity contribution in [2.24, 2.45) is 10.7 Å². The Kier molecular flexibility index (Phi) is 12.8. The molecule has 0 radical (unpaired) electrons. The fraction of sp³-hybridized carbons (Fsp3) is 0.471. The molecule has 0 saturated heterocycles. The second-order valence-corrected chi connectivity index (χ2v) is 4.66. The Balaban J connectivity index is 0.00000529. The first-order valence-electron chi connectivity index (χ1n) is 7.56. The predicted molar refractivity (Wildman–Crippen MR) is 107 cm³/mol. The van der Waals surface area contributed by atoms with Gasteiger partial charge in [0, 0.05) is 19.8 Å². The van der Waals surface area contributed by atoms with Crippen molar-refractivity contribution in [1.29, 1.82) is 0 Å². The molecule has 0 aliphatic rings. The molecule has 0 atom stereocenters. The number of halogens is 1. The lowest BCUT2D eigenvalue weighted by atomic mass is 10.2. The number of terminal acetylenes is 1. The number of nitrogens with one attached hydrogen (secondary N) is 1. The molecule has 1 aromatic carbocycles. The number of methoxy groups -OCH3 is 1. The van der Waals surface area contributed by atoms with Gasteiger partial charge in [0.05, 0.1) is 13.7 Å². The minimum Gasteiger partial charge on any atom is -0.493 e. The Labute approximate surface area is 161 Å². The van der Waals surface area contributed by atoms with Crippen LogP contribution in [0.25, 0.3) is 0 Å². The van der Waals surface area contributed by atoms with Crippen LogP contribution in [0.4, 0.5) is 0 Å². The number of benzene rings is 1. The summed E-state index contributed by atoms with van der Waals surface area (Å²) in [5.41, 5.74) is 6.78. The van der Waals surface area contributed by atoms with Crippen LogP contribution in [0.2, 0.25) is 0 Å². The molecule has 7 heteroatoms. The van der Waals surface area contributed by atoms with Gasteiger partial charge in [-0.05, 0) is 31.0 Å². The van der Waals surface area contributed by atoms with Crippen LogP contribution in [0.15, 0.2) is 23.2 Å². The maximum absolute atomic E-state index is 5.83.